The number of carbonyl (C=O) groups is 2. The van der Waals surface area contributed by atoms with Crippen molar-refractivity contribution in [2.75, 3.05) is 26.3 Å². The van der Waals surface area contributed by atoms with Gasteiger partial charge in [0, 0.05) is 19.1 Å². The Morgan fingerprint density at radius 3 is 2.58 bits per heavy atom. The Morgan fingerprint density at radius 2 is 1.90 bits per heavy atom. The monoisotopic (exact) mass is 472 g/mol. The first-order chi connectivity index (χ1) is 14.7. The molecule has 1 aromatic carbocycles. The quantitative estimate of drug-likeness (QED) is 0.638. The largest absolute Gasteiger partial charge is 0.449 e. The van der Waals surface area contributed by atoms with Gasteiger partial charge in [-0.25, -0.2) is 13.2 Å². The van der Waals surface area contributed by atoms with Gasteiger partial charge in [-0.15, -0.1) is 0 Å². The first-order valence-electron chi connectivity index (χ1n) is 10.6. The van der Waals surface area contributed by atoms with Crippen molar-refractivity contribution in [3.63, 3.8) is 0 Å². The molecule has 2 fully saturated rings. The lowest BCUT2D eigenvalue weighted by Gasteiger charge is -2.30. The molecular weight excluding hydrogens is 444 g/mol. The van der Waals surface area contributed by atoms with E-state index in [0.29, 0.717) is 19.1 Å². The summed E-state index contributed by atoms with van der Waals surface area (Å²) in [5.74, 6) is -0.846. The van der Waals surface area contributed by atoms with E-state index >= 15 is 0 Å². The summed E-state index contributed by atoms with van der Waals surface area (Å²) in [4.78, 5) is 25.1. The van der Waals surface area contributed by atoms with E-state index in [9.17, 15) is 18.0 Å². The molecule has 0 radical (unpaired) electrons. The second-order valence-corrected chi connectivity index (χ2v) is 10.4. The van der Waals surface area contributed by atoms with Crippen LogP contribution in [0.1, 0.15) is 49.9 Å². The van der Waals surface area contributed by atoms with E-state index < -0.39 is 22.1 Å². The number of amides is 1. The molecule has 172 valence electrons. The minimum absolute atomic E-state index is 0.0550. The van der Waals surface area contributed by atoms with Gasteiger partial charge in [-0.1, -0.05) is 31.4 Å². The molecule has 1 heterocycles. The predicted octanol–water partition coefficient (Wildman–Crippen LogP) is 2.60. The van der Waals surface area contributed by atoms with E-state index in [1.807, 2.05) is 0 Å². The van der Waals surface area contributed by atoms with Crippen LogP contribution in [-0.2, 0) is 24.3 Å². The summed E-state index contributed by atoms with van der Waals surface area (Å²) in [5.41, 5.74) is -0.0957. The first-order valence-corrected chi connectivity index (χ1v) is 12.4. The minimum Gasteiger partial charge on any atom is -0.449 e. The Morgan fingerprint density at radius 1 is 1.23 bits per heavy atom. The minimum atomic E-state index is -3.80. The van der Waals surface area contributed by atoms with E-state index in [4.69, 9.17) is 21.1 Å². The van der Waals surface area contributed by atoms with Crippen LogP contribution < -0.4 is 5.32 Å². The number of ether oxygens (including phenoxy) is 2. The molecule has 0 aromatic heterocycles. The lowest BCUT2D eigenvalue weighted by atomic mass is 9.86. The van der Waals surface area contributed by atoms with Gasteiger partial charge in [0.05, 0.1) is 28.7 Å². The predicted molar refractivity (Wildman–Crippen MR) is 115 cm³/mol. The highest BCUT2D eigenvalue weighted by molar-refractivity contribution is 7.89. The fraction of sp³-hybridized carbons (Fsp3) is 0.619. The molecule has 0 spiro atoms. The molecule has 1 amide bonds. The maximum atomic E-state index is 12.9. The lowest BCUT2D eigenvalue weighted by molar-refractivity contribution is -0.130. The maximum absolute atomic E-state index is 12.9. The molecule has 3 rings (SSSR count). The number of benzene rings is 1. The Kier molecular flexibility index (Phi) is 7.96. The number of hydrogen-bond donors (Lipinski definition) is 1. The van der Waals surface area contributed by atoms with Gasteiger partial charge in [-0.2, -0.15) is 4.31 Å². The van der Waals surface area contributed by atoms with Crippen LogP contribution in [0.3, 0.4) is 0 Å². The van der Waals surface area contributed by atoms with Gasteiger partial charge in [0.2, 0.25) is 10.0 Å². The molecular formula is C21H29ClN2O6S. The van der Waals surface area contributed by atoms with E-state index in [2.05, 4.69) is 12.2 Å². The molecule has 3 unspecified atom stereocenters. The third-order valence-electron chi connectivity index (χ3n) is 5.86. The maximum Gasteiger partial charge on any atom is 0.340 e. The van der Waals surface area contributed by atoms with E-state index in [1.54, 1.807) is 0 Å². The number of carbonyl (C=O) groups excluding carboxylic acids is 2. The molecule has 1 N–H and O–H groups in total. The van der Waals surface area contributed by atoms with Gasteiger partial charge in [-0.3, -0.25) is 4.79 Å². The van der Waals surface area contributed by atoms with Crippen LogP contribution in [0.25, 0.3) is 0 Å². The number of esters is 1. The fourth-order valence-corrected chi connectivity index (χ4v) is 5.50. The SMILES string of the molecule is CC(OC(=O)c1cc(S(=O)(=O)N2CCOCC2)ccc1Cl)C(=O)NC1CCCCC1C. The van der Waals surface area contributed by atoms with Crippen LogP contribution in [0.15, 0.2) is 23.1 Å². The second kappa shape index (κ2) is 10.3. The molecule has 1 aliphatic carbocycles. The lowest BCUT2D eigenvalue weighted by Crippen LogP contribution is -2.46. The molecule has 1 saturated carbocycles. The third-order valence-corrected chi connectivity index (χ3v) is 8.08. The highest BCUT2D eigenvalue weighted by atomic mass is 35.5. The van der Waals surface area contributed by atoms with Crippen molar-refractivity contribution in [1.82, 2.24) is 9.62 Å². The smallest absolute Gasteiger partial charge is 0.340 e. The van der Waals surface area contributed by atoms with Crippen molar-refractivity contribution >= 4 is 33.5 Å². The molecule has 8 nitrogen and oxygen atoms in total. The summed E-state index contributed by atoms with van der Waals surface area (Å²) in [6.45, 7) is 4.69. The summed E-state index contributed by atoms with van der Waals surface area (Å²) in [6, 6.07) is 3.96. The van der Waals surface area contributed by atoms with Crippen LogP contribution in [0.5, 0.6) is 0 Å². The second-order valence-electron chi connectivity index (χ2n) is 8.08. The summed E-state index contributed by atoms with van der Waals surface area (Å²) in [7, 11) is -3.80. The van der Waals surface area contributed by atoms with E-state index in [-0.39, 0.29) is 40.5 Å². The van der Waals surface area contributed by atoms with Crippen molar-refractivity contribution < 1.29 is 27.5 Å². The normalized spacial score (nSPS) is 23.7. The zero-order chi connectivity index (χ0) is 22.6. The number of nitrogens with one attached hydrogen (secondary N) is 1. The topological polar surface area (TPSA) is 102 Å². The van der Waals surface area contributed by atoms with Gasteiger partial charge in [-0.05, 0) is 43.9 Å². The molecule has 31 heavy (non-hydrogen) atoms. The number of halogens is 1. The van der Waals surface area contributed by atoms with Crippen LogP contribution >= 0.6 is 11.6 Å². The molecule has 2 aliphatic rings. The standard InChI is InChI=1S/C21H29ClN2O6S/c1-14-5-3-4-6-19(14)23-20(25)15(2)30-21(26)17-13-16(7-8-18(17)22)31(27,28)24-9-11-29-12-10-24/h7-8,13-15,19H,3-6,9-12H2,1-2H3,(H,23,25). The third kappa shape index (κ3) is 5.77. The summed E-state index contributed by atoms with van der Waals surface area (Å²) >= 11 is 6.13. The Labute approximate surface area is 188 Å². The van der Waals surface area contributed by atoms with E-state index in [1.165, 1.54) is 29.4 Å². The molecule has 1 aromatic rings. The zero-order valence-corrected chi connectivity index (χ0v) is 19.4. The number of rotatable bonds is 6. The zero-order valence-electron chi connectivity index (χ0n) is 17.8. The highest BCUT2D eigenvalue weighted by Crippen LogP contribution is 2.26. The summed E-state index contributed by atoms with van der Waals surface area (Å²) < 4.78 is 37.5. The molecule has 0 bridgehead atoms. The van der Waals surface area contributed by atoms with Crippen LogP contribution in [0.2, 0.25) is 5.02 Å². The van der Waals surface area contributed by atoms with E-state index in [0.717, 1.165) is 25.7 Å². The van der Waals surface area contributed by atoms with Gasteiger partial charge in [0.15, 0.2) is 6.10 Å². The average Bonchev–Trinajstić information content (AvgIpc) is 2.76. The average molecular weight is 473 g/mol. The van der Waals surface area contributed by atoms with Crippen LogP contribution in [-0.4, -0.2) is 63.0 Å². The summed E-state index contributed by atoms with van der Waals surface area (Å²) in [5, 5.41) is 3.01. The van der Waals surface area contributed by atoms with Crippen molar-refractivity contribution in [3.8, 4) is 0 Å². The fourth-order valence-electron chi connectivity index (χ4n) is 3.87. The van der Waals surface area contributed by atoms with Gasteiger partial charge >= 0.3 is 5.97 Å². The first kappa shape index (κ1) is 24.0. The Hall–Kier alpha value is -1.68. The van der Waals surface area contributed by atoms with Crippen molar-refractivity contribution in [1.29, 1.82) is 0 Å². The number of morpholine rings is 1. The van der Waals surface area contributed by atoms with Crippen LogP contribution in [0, 0.1) is 5.92 Å². The Balaban J connectivity index is 1.69. The number of nitrogens with zero attached hydrogens (tertiary/aromatic N) is 1. The van der Waals surface area contributed by atoms with Gasteiger partial charge in [0.25, 0.3) is 5.91 Å². The Bertz CT molecular complexity index is 916. The van der Waals surface area contributed by atoms with Gasteiger partial charge in [0.1, 0.15) is 0 Å². The highest BCUT2D eigenvalue weighted by Gasteiger charge is 2.30. The van der Waals surface area contributed by atoms with Crippen molar-refractivity contribution in [2.45, 2.75) is 56.6 Å². The van der Waals surface area contributed by atoms with Crippen molar-refractivity contribution in [2.24, 2.45) is 5.92 Å². The number of sulfonamides is 1. The van der Waals surface area contributed by atoms with Gasteiger partial charge < -0.3 is 14.8 Å². The number of hydrogen-bond acceptors (Lipinski definition) is 6. The molecule has 1 aliphatic heterocycles. The summed E-state index contributed by atoms with van der Waals surface area (Å²) in [6.07, 6.45) is 3.14. The van der Waals surface area contributed by atoms with Crippen LogP contribution in [0.4, 0.5) is 0 Å². The molecule has 1 saturated heterocycles. The molecule has 3 atom stereocenters. The van der Waals surface area contributed by atoms with Crippen molar-refractivity contribution in [3.05, 3.63) is 28.8 Å². The molecule has 10 heteroatoms.